The molecule has 2 aliphatic heterocycles. The number of hydrogen-bond donors (Lipinski definition) is 2. The number of pyridine rings is 1. The summed E-state index contributed by atoms with van der Waals surface area (Å²) >= 11 is 0. The maximum Gasteiger partial charge on any atom is 0.282 e. The molecule has 6 nitrogen and oxygen atoms in total. The van der Waals surface area contributed by atoms with Gasteiger partial charge in [-0.1, -0.05) is 6.07 Å². The van der Waals surface area contributed by atoms with Crippen LogP contribution in [-0.2, 0) is 0 Å². The first-order valence-corrected chi connectivity index (χ1v) is 11.2. The van der Waals surface area contributed by atoms with E-state index in [1.165, 1.54) is 25.7 Å². The smallest absolute Gasteiger partial charge is 0.282 e. The van der Waals surface area contributed by atoms with E-state index in [1.807, 2.05) is 30.3 Å². The van der Waals surface area contributed by atoms with Crippen LogP contribution < -0.4 is 15.5 Å². The molecule has 166 valence electrons. The predicted octanol–water partition coefficient (Wildman–Crippen LogP) is 4.56. The Labute approximate surface area is 185 Å². The standard InChI is InChI=1S/C24H26F2N6/c25-24(26)14-32(15-24)21-3-1-2-18(29-21)19-13-28-22(30-19)17-5-4-16(27)12-20(17)31-10-8-23(6-7-23)9-11-31/h1-5,12-13H,6-11,14-15,27H2,(H,28,30). The number of aromatic nitrogens is 3. The van der Waals surface area contributed by atoms with Crippen LogP contribution in [0.2, 0.25) is 0 Å². The highest BCUT2D eigenvalue weighted by Crippen LogP contribution is 2.54. The summed E-state index contributed by atoms with van der Waals surface area (Å²) in [6, 6.07) is 11.4. The number of nitrogens with zero attached hydrogens (tertiary/aromatic N) is 4. The van der Waals surface area contributed by atoms with E-state index in [9.17, 15) is 8.78 Å². The summed E-state index contributed by atoms with van der Waals surface area (Å²) in [5, 5.41) is 0. The van der Waals surface area contributed by atoms with Crippen LogP contribution in [0.3, 0.4) is 0 Å². The molecule has 0 radical (unpaired) electrons. The van der Waals surface area contributed by atoms with Crippen molar-refractivity contribution in [1.29, 1.82) is 0 Å². The average Bonchev–Trinajstić information content (AvgIpc) is 3.33. The lowest BCUT2D eigenvalue weighted by Crippen LogP contribution is -2.56. The van der Waals surface area contributed by atoms with Crippen molar-refractivity contribution in [3.8, 4) is 22.8 Å². The SMILES string of the molecule is Nc1ccc(-c2ncc(-c3cccc(N4CC(F)(F)C4)n3)[nH]2)c(N2CCC3(CC2)CC3)c1. The van der Waals surface area contributed by atoms with Crippen molar-refractivity contribution in [2.75, 3.05) is 41.7 Å². The van der Waals surface area contributed by atoms with Gasteiger partial charge in [0, 0.05) is 30.0 Å². The number of imidazole rings is 1. The quantitative estimate of drug-likeness (QED) is 0.587. The van der Waals surface area contributed by atoms with Crippen LogP contribution >= 0.6 is 0 Å². The van der Waals surface area contributed by atoms with Crippen LogP contribution in [0.25, 0.3) is 22.8 Å². The number of piperidine rings is 1. The third-order valence-corrected chi connectivity index (χ3v) is 7.15. The minimum atomic E-state index is -2.63. The summed E-state index contributed by atoms with van der Waals surface area (Å²) in [7, 11) is 0. The number of alkyl halides is 2. The second-order valence-corrected chi connectivity index (χ2v) is 9.50. The third-order valence-electron chi connectivity index (χ3n) is 7.15. The highest BCUT2D eigenvalue weighted by Gasteiger charge is 2.45. The molecule has 0 bridgehead atoms. The molecule has 0 amide bonds. The minimum Gasteiger partial charge on any atom is -0.399 e. The summed E-state index contributed by atoms with van der Waals surface area (Å²) in [5.74, 6) is -1.32. The van der Waals surface area contributed by atoms with E-state index in [0.717, 1.165) is 41.5 Å². The second-order valence-electron chi connectivity index (χ2n) is 9.50. The molecular formula is C24H26F2N6. The molecule has 0 atom stereocenters. The molecule has 1 aliphatic carbocycles. The van der Waals surface area contributed by atoms with Crippen LogP contribution in [0.1, 0.15) is 25.7 Å². The molecule has 2 saturated heterocycles. The monoisotopic (exact) mass is 436 g/mol. The highest BCUT2D eigenvalue weighted by molar-refractivity contribution is 5.79. The van der Waals surface area contributed by atoms with Crippen LogP contribution in [0.15, 0.2) is 42.6 Å². The van der Waals surface area contributed by atoms with Gasteiger partial charge in [-0.3, -0.25) is 0 Å². The van der Waals surface area contributed by atoms with Gasteiger partial charge in [0.25, 0.3) is 5.92 Å². The Balaban J connectivity index is 1.28. The lowest BCUT2D eigenvalue weighted by atomic mass is 9.93. The van der Waals surface area contributed by atoms with Crippen molar-refractivity contribution in [1.82, 2.24) is 15.0 Å². The number of nitrogens with one attached hydrogen (secondary N) is 1. The highest BCUT2D eigenvalue weighted by atomic mass is 19.3. The normalized spacial score (nSPS) is 20.9. The van der Waals surface area contributed by atoms with E-state index in [2.05, 4.69) is 19.9 Å². The van der Waals surface area contributed by atoms with Gasteiger partial charge < -0.3 is 20.5 Å². The van der Waals surface area contributed by atoms with Gasteiger partial charge in [-0.2, -0.15) is 0 Å². The largest absolute Gasteiger partial charge is 0.399 e. The first-order chi connectivity index (χ1) is 15.4. The summed E-state index contributed by atoms with van der Waals surface area (Å²) in [6.07, 6.45) is 6.95. The molecule has 1 saturated carbocycles. The number of nitrogens with two attached hydrogens (primary N) is 1. The van der Waals surface area contributed by atoms with Crippen LogP contribution in [0.4, 0.5) is 26.0 Å². The lowest BCUT2D eigenvalue weighted by Gasteiger charge is -2.39. The Morgan fingerprint density at radius 1 is 0.969 bits per heavy atom. The Kier molecular flexibility index (Phi) is 4.22. The van der Waals surface area contributed by atoms with E-state index in [1.54, 1.807) is 17.2 Å². The summed E-state index contributed by atoms with van der Waals surface area (Å²) < 4.78 is 26.5. The van der Waals surface area contributed by atoms with Crippen molar-refractivity contribution in [2.24, 2.45) is 5.41 Å². The lowest BCUT2D eigenvalue weighted by molar-refractivity contribution is -0.0266. The molecule has 2 aromatic heterocycles. The number of aromatic amines is 1. The van der Waals surface area contributed by atoms with Crippen molar-refractivity contribution >= 4 is 17.2 Å². The van der Waals surface area contributed by atoms with Crippen molar-refractivity contribution < 1.29 is 8.78 Å². The summed E-state index contributed by atoms with van der Waals surface area (Å²) in [5.41, 5.74) is 11.0. The molecule has 3 N–H and O–H groups in total. The van der Waals surface area contributed by atoms with Gasteiger partial charge in [0.2, 0.25) is 0 Å². The Morgan fingerprint density at radius 2 is 1.75 bits per heavy atom. The number of rotatable bonds is 4. The fraction of sp³-hybridized carbons (Fsp3) is 0.417. The molecule has 1 spiro atoms. The van der Waals surface area contributed by atoms with E-state index in [-0.39, 0.29) is 13.1 Å². The number of anilines is 3. The number of halogens is 2. The fourth-order valence-electron chi connectivity index (χ4n) is 4.92. The maximum atomic E-state index is 13.3. The summed E-state index contributed by atoms with van der Waals surface area (Å²) in [6.45, 7) is 1.50. The van der Waals surface area contributed by atoms with Gasteiger partial charge in [-0.05, 0) is 61.4 Å². The molecule has 8 heteroatoms. The van der Waals surface area contributed by atoms with Crippen molar-refractivity contribution in [3.05, 3.63) is 42.6 Å². The number of nitrogen functional groups attached to an aromatic ring is 1. The van der Waals surface area contributed by atoms with Crippen LogP contribution in [-0.4, -0.2) is 47.1 Å². The van der Waals surface area contributed by atoms with Gasteiger partial charge in [0.1, 0.15) is 11.6 Å². The van der Waals surface area contributed by atoms with Gasteiger partial charge in [0.05, 0.1) is 30.7 Å². The molecular weight excluding hydrogens is 410 g/mol. The molecule has 6 rings (SSSR count). The zero-order chi connectivity index (χ0) is 21.9. The zero-order valence-electron chi connectivity index (χ0n) is 17.8. The third kappa shape index (κ3) is 3.47. The van der Waals surface area contributed by atoms with Crippen molar-refractivity contribution in [2.45, 2.75) is 31.6 Å². The molecule has 3 aliphatic rings. The molecule has 3 aromatic rings. The fourth-order valence-corrected chi connectivity index (χ4v) is 4.92. The van der Waals surface area contributed by atoms with Gasteiger partial charge in [-0.15, -0.1) is 0 Å². The topological polar surface area (TPSA) is 74.1 Å². The Bertz CT molecular complexity index is 1150. The average molecular weight is 437 g/mol. The first kappa shape index (κ1) is 19.5. The molecule has 3 fully saturated rings. The van der Waals surface area contributed by atoms with E-state index >= 15 is 0 Å². The van der Waals surface area contributed by atoms with Crippen LogP contribution in [0.5, 0.6) is 0 Å². The molecule has 4 heterocycles. The molecule has 1 aromatic carbocycles. The van der Waals surface area contributed by atoms with E-state index in [0.29, 0.717) is 16.9 Å². The Morgan fingerprint density at radius 3 is 2.47 bits per heavy atom. The van der Waals surface area contributed by atoms with Gasteiger partial charge in [0.15, 0.2) is 0 Å². The number of hydrogen-bond acceptors (Lipinski definition) is 5. The molecule has 32 heavy (non-hydrogen) atoms. The first-order valence-electron chi connectivity index (χ1n) is 11.2. The van der Waals surface area contributed by atoms with Crippen LogP contribution in [0, 0.1) is 5.41 Å². The molecule has 0 unspecified atom stereocenters. The van der Waals surface area contributed by atoms with Gasteiger partial charge in [-0.25, -0.2) is 18.7 Å². The number of H-pyrrole nitrogens is 1. The van der Waals surface area contributed by atoms with E-state index < -0.39 is 5.92 Å². The van der Waals surface area contributed by atoms with Crippen molar-refractivity contribution in [3.63, 3.8) is 0 Å². The maximum absolute atomic E-state index is 13.3. The van der Waals surface area contributed by atoms with Gasteiger partial charge >= 0.3 is 0 Å². The van der Waals surface area contributed by atoms with E-state index in [4.69, 9.17) is 5.73 Å². The summed E-state index contributed by atoms with van der Waals surface area (Å²) in [4.78, 5) is 16.6. The number of benzene rings is 1. The Hall–Kier alpha value is -3.16. The predicted molar refractivity (Wildman–Crippen MR) is 122 cm³/mol. The second kappa shape index (κ2) is 6.92. The minimum absolute atomic E-state index is 0.288. The zero-order valence-corrected chi connectivity index (χ0v) is 17.8.